The molecule has 0 saturated carbocycles. The summed E-state index contributed by atoms with van der Waals surface area (Å²) in [6.45, 7) is 33.4. The SMILES string of the molecule is CC(C)(C)c1ccc(N2c3cc(C(C)(C)C)cc4c3B(c3cc5c(cc3N4c3cccc4c3oc3ccccc34)C(C)(C)CCC5(C)C)c3oc4cc5c(cc4c32)C(C)(C)CCC5(C)C)cc1. The summed E-state index contributed by atoms with van der Waals surface area (Å²) in [7, 11) is 0. The molecule has 0 N–H and O–H groups in total. The minimum absolute atomic E-state index is 0.00139. The standard InChI is InChI=1S/C62H67BN2O2/c1-57(2,3)36-22-24-38(25-23-36)64-49-30-37(58(4,5)6)31-50-53(49)63(56-54(64)41-32-42-45(35-52(41)67-56)62(13,14)29-26-59(42,7)8)46-33-43-44(61(11,12)28-27-60(43,9)10)34-48(46)65(50)47-20-17-19-40-39-18-15-16-21-51(39)66-55(40)47/h15-25,30-35H,26-29H2,1-14H3. The predicted molar refractivity (Wildman–Crippen MR) is 285 cm³/mol. The van der Waals surface area contributed by atoms with E-state index in [-0.39, 0.29) is 39.2 Å². The summed E-state index contributed by atoms with van der Waals surface area (Å²) in [6, 6.07) is 39.8. The quantitative estimate of drug-likeness (QED) is 0.162. The van der Waals surface area contributed by atoms with Crippen molar-refractivity contribution in [1.82, 2.24) is 0 Å². The first-order valence-corrected chi connectivity index (χ1v) is 25.0. The Morgan fingerprint density at radius 2 is 1.01 bits per heavy atom. The maximum Gasteiger partial charge on any atom is 0.297 e. The topological polar surface area (TPSA) is 32.8 Å². The summed E-state index contributed by atoms with van der Waals surface area (Å²) >= 11 is 0. The number of rotatable bonds is 2. The highest BCUT2D eigenvalue weighted by Gasteiger charge is 2.50. The van der Waals surface area contributed by atoms with Gasteiger partial charge < -0.3 is 18.6 Å². The molecule has 0 bridgehead atoms. The van der Waals surface area contributed by atoms with Gasteiger partial charge in [-0.2, -0.15) is 0 Å². The maximum atomic E-state index is 7.66. The van der Waals surface area contributed by atoms with Gasteiger partial charge in [-0.15, -0.1) is 0 Å². The molecule has 2 aliphatic heterocycles. The molecule has 4 aliphatic rings. The first-order chi connectivity index (χ1) is 31.4. The molecule has 0 fully saturated rings. The fourth-order valence-electron chi connectivity index (χ4n) is 12.6. The van der Waals surface area contributed by atoms with Crippen LogP contribution in [0.15, 0.2) is 112 Å². The van der Waals surface area contributed by atoms with Gasteiger partial charge in [0.25, 0.3) is 6.71 Å². The molecule has 2 aromatic heterocycles. The van der Waals surface area contributed by atoms with Crippen LogP contribution in [0.4, 0.5) is 34.1 Å². The summed E-state index contributed by atoms with van der Waals surface area (Å²) in [5.74, 6) is 0. The molecular weight excluding hydrogens is 816 g/mol. The highest BCUT2D eigenvalue weighted by atomic mass is 16.3. The Morgan fingerprint density at radius 1 is 0.463 bits per heavy atom. The molecule has 67 heavy (non-hydrogen) atoms. The summed E-state index contributed by atoms with van der Waals surface area (Å²) in [5.41, 5.74) is 21.7. The van der Waals surface area contributed by atoms with Gasteiger partial charge in [-0.05, 0) is 157 Å². The third kappa shape index (κ3) is 6.11. The van der Waals surface area contributed by atoms with E-state index in [9.17, 15) is 0 Å². The number of hydrogen-bond acceptors (Lipinski definition) is 4. The van der Waals surface area contributed by atoms with Gasteiger partial charge in [-0.25, -0.2) is 0 Å². The van der Waals surface area contributed by atoms with Crippen LogP contribution in [0.3, 0.4) is 0 Å². The molecule has 0 saturated heterocycles. The van der Waals surface area contributed by atoms with E-state index in [2.05, 4.69) is 210 Å². The van der Waals surface area contributed by atoms with Crippen molar-refractivity contribution >= 4 is 90.3 Å². The Bertz CT molecular complexity index is 3400. The highest BCUT2D eigenvalue weighted by Crippen LogP contribution is 2.55. The fourth-order valence-corrected chi connectivity index (χ4v) is 12.6. The van der Waals surface area contributed by atoms with Gasteiger partial charge in [0.15, 0.2) is 5.58 Å². The molecule has 12 rings (SSSR count). The Kier molecular flexibility index (Phi) is 8.61. The zero-order valence-electron chi connectivity index (χ0n) is 42.4. The minimum atomic E-state index is -0.157. The Labute approximate surface area is 398 Å². The monoisotopic (exact) mass is 883 g/mol. The van der Waals surface area contributed by atoms with E-state index < -0.39 is 0 Å². The zero-order valence-corrected chi connectivity index (χ0v) is 42.4. The normalized spacial score (nSPS) is 18.7. The minimum Gasteiger partial charge on any atom is -0.468 e. The van der Waals surface area contributed by atoms with E-state index in [0.29, 0.717) is 0 Å². The molecule has 4 heterocycles. The molecular formula is C62H67BN2O2. The van der Waals surface area contributed by atoms with Crippen LogP contribution < -0.4 is 26.4 Å². The molecule has 2 aliphatic carbocycles. The smallest absolute Gasteiger partial charge is 0.297 e. The van der Waals surface area contributed by atoms with Crippen LogP contribution in [0, 0.1) is 0 Å². The lowest BCUT2D eigenvalue weighted by molar-refractivity contribution is 0.332. The van der Waals surface area contributed by atoms with Crippen molar-refractivity contribution in [2.24, 2.45) is 0 Å². The van der Waals surface area contributed by atoms with Crippen molar-refractivity contribution in [3.8, 4) is 0 Å². The van der Waals surface area contributed by atoms with Crippen LogP contribution >= 0.6 is 0 Å². The number of fused-ring (bicyclic) bond motifs is 11. The van der Waals surface area contributed by atoms with E-state index in [1.54, 1.807) is 0 Å². The van der Waals surface area contributed by atoms with Crippen LogP contribution in [0.1, 0.15) is 156 Å². The van der Waals surface area contributed by atoms with Crippen LogP contribution in [-0.2, 0) is 32.5 Å². The maximum absolute atomic E-state index is 7.66. The van der Waals surface area contributed by atoms with Crippen LogP contribution in [0.2, 0.25) is 0 Å². The predicted octanol–water partition coefficient (Wildman–Crippen LogP) is 15.7. The number of hydrogen-bond donors (Lipinski definition) is 0. The average molecular weight is 883 g/mol. The molecule has 8 aromatic rings. The lowest BCUT2D eigenvalue weighted by Gasteiger charge is -2.47. The third-order valence-electron chi connectivity index (χ3n) is 17.1. The van der Waals surface area contributed by atoms with Crippen molar-refractivity contribution < 1.29 is 8.83 Å². The van der Waals surface area contributed by atoms with Gasteiger partial charge in [0.2, 0.25) is 0 Å². The fraction of sp³-hybridized carbons (Fsp3) is 0.387. The largest absolute Gasteiger partial charge is 0.468 e. The van der Waals surface area contributed by atoms with Gasteiger partial charge in [0.05, 0.1) is 17.0 Å². The number of para-hydroxylation sites is 2. The van der Waals surface area contributed by atoms with Gasteiger partial charge >= 0.3 is 0 Å². The van der Waals surface area contributed by atoms with Crippen molar-refractivity contribution in [2.45, 2.75) is 155 Å². The molecule has 4 nitrogen and oxygen atoms in total. The highest BCUT2D eigenvalue weighted by molar-refractivity contribution is 7.00. The first kappa shape index (κ1) is 42.7. The number of anilines is 6. The average Bonchev–Trinajstić information content (AvgIpc) is 3.84. The lowest BCUT2D eigenvalue weighted by atomic mass is 9.35. The first-order valence-electron chi connectivity index (χ1n) is 25.0. The molecule has 0 radical (unpaired) electrons. The molecule has 0 atom stereocenters. The van der Waals surface area contributed by atoms with Crippen molar-refractivity contribution in [3.05, 3.63) is 137 Å². The van der Waals surface area contributed by atoms with Gasteiger partial charge in [-0.1, -0.05) is 145 Å². The summed E-state index contributed by atoms with van der Waals surface area (Å²) in [5, 5.41) is 3.47. The molecule has 0 unspecified atom stereocenters. The second-order valence-corrected chi connectivity index (χ2v) is 25.5. The van der Waals surface area contributed by atoms with E-state index in [0.717, 1.165) is 70.2 Å². The summed E-state index contributed by atoms with van der Waals surface area (Å²) in [4.78, 5) is 5.17. The van der Waals surface area contributed by atoms with Crippen molar-refractivity contribution in [2.75, 3.05) is 9.80 Å². The number of benzene rings is 6. The molecule has 5 heteroatoms. The second-order valence-electron chi connectivity index (χ2n) is 25.5. The molecule has 0 amide bonds. The summed E-state index contributed by atoms with van der Waals surface area (Å²) < 4.78 is 14.6. The molecule has 0 spiro atoms. The van der Waals surface area contributed by atoms with Crippen molar-refractivity contribution in [3.63, 3.8) is 0 Å². The Balaban J connectivity index is 1.25. The molecule has 340 valence electrons. The number of furan rings is 2. The van der Waals surface area contributed by atoms with Crippen LogP contribution in [0.25, 0.3) is 32.9 Å². The Hall–Kier alpha value is -5.68. The summed E-state index contributed by atoms with van der Waals surface area (Å²) in [6.07, 6.45) is 4.58. The van der Waals surface area contributed by atoms with Crippen molar-refractivity contribution in [1.29, 1.82) is 0 Å². The Morgan fingerprint density at radius 3 is 1.64 bits per heavy atom. The van der Waals surface area contributed by atoms with Gasteiger partial charge in [0.1, 0.15) is 11.2 Å². The van der Waals surface area contributed by atoms with Gasteiger partial charge in [0, 0.05) is 38.9 Å². The zero-order chi connectivity index (χ0) is 47.1. The lowest BCUT2D eigenvalue weighted by Crippen LogP contribution is -2.61. The van der Waals surface area contributed by atoms with E-state index in [4.69, 9.17) is 8.83 Å². The second kappa shape index (κ2) is 13.5. The van der Waals surface area contributed by atoms with Crippen LogP contribution in [0.5, 0.6) is 0 Å². The molecule has 6 aromatic carbocycles. The van der Waals surface area contributed by atoms with E-state index in [1.807, 2.05) is 0 Å². The third-order valence-corrected chi connectivity index (χ3v) is 17.1. The van der Waals surface area contributed by atoms with E-state index >= 15 is 0 Å². The van der Waals surface area contributed by atoms with Gasteiger partial charge in [-0.3, -0.25) is 0 Å². The van der Waals surface area contributed by atoms with E-state index in [1.165, 1.54) is 72.4 Å². The van der Waals surface area contributed by atoms with Crippen LogP contribution in [-0.4, -0.2) is 6.71 Å². The number of nitrogens with zero attached hydrogens (tertiary/aromatic N) is 2.